The lowest BCUT2D eigenvalue weighted by molar-refractivity contribution is -0.401. The van der Waals surface area contributed by atoms with E-state index < -0.39 is 0 Å². The van der Waals surface area contributed by atoms with Gasteiger partial charge >= 0.3 is 0 Å². The van der Waals surface area contributed by atoms with Crippen molar-refractivity contribution < 1.29 is 4.58 Å². The highest BCUT2D eigenvalue weighted by Crippen LogP contribution is 2.48. The Balaban J connectivity index is 1.52. The fourth-order valence-electron chi connectivity index (χ4n) is 5.76. The lowest BCUT2D eigenvalue weighted by Gasteiger charge is -2.27. The normalized spacial score (nSPS) is 19.0. The second-order valence-corrected chi connectivity index (χ2v) is 10.9. The molecule has 0 amide bonds. The van der Waals surface area contributed by atoms with Gasteiger partial charge in [-0.25, -0.2) is 0 Å². The predicted octanol–water partition coefficient (Wildman–Crippen LogP) is 7.87. The highest BCUT2D eigenvalue weighted by molar-refractivity contribution is 6.17. The third-order valence-corrected chi connectivity index (χ3v) is 8.07. The molecule has 3 aromatic rings. The lowest BCUT2D eigenvalue weighted by atomic mass is 9.81. The van der Waals surface area contributed by atoms with Gasteiger partial charge in [0.1, 0.15) is 7.05 Å². The molecule has 5 rings (SSSR count). The van der Waals surface area contributed by atoms with Crippen LogP contribution in [0.3, 0.4) is 0 Å². The van der Waals surface area contributed by atoms with Gasteiger partial charge in [-0.2, -0.15) is 4.58 Å². The largest absolute Gasteiger partial charge is 0.340 e. The van der Waals surface area contributed by atoms with Crippen LogP contribution >= 0.6 is 11.6 Å². The van der Waals surface area contributed by atoms with E-state index in [9.17, 15) is 0 Å². The van der Waals surface area contributed by atoms with Gasteiger partial charge in [-0.05, 0) is 42.7 Å². The number of para-hydroxylation sites is 2. The van der Waals surface area contributed by atoms with Crippen LogP contribution in [-0.4, -0.2) is 17.3 Å². The van der Waals surface area contributed by atoms with E-state index in [0.717, 1.165) is 12.1 Å². The van der Waals surface area contributed by atoms with Crippen molar-refractivity contribution >= 4 is 28.7 Å². The Labute approximate surface area is 214 Å². The summed E-state index contributed by atoms with van der Waals surface area (Å²) in [5.74, 6) is 0.545. The molecule has 0 aliphatic carbocycles. The molecule has 0 N–H and O–H groups in total. The van der Waals surface area contributed by atoms with E-state index >= 15 is 0 Å². The molecule has 0 spiro atoms. The first-order valence-corrected chi connectivity index (χ1v) is 12.9. The highest BCUT2D eigenvalue weighted by Gasteiger charge is 2.43. The van der Waals surface area contributed by atoms with Crippen molar-refractivity contribution in [3.05, 3.63) is 119 Å². The molecule has 178 valence electrons. The maximum Gasteiger partial charge on any atom is 0.209 e. The van der Waals surface area contributed by atoms with E-state index in [1.807, 2.05) is 0 Å². The van der Waals surface area contributed by atoms with Crippen molar-refractivity contribution in [3.63, 3.8) is 0 Å². The van der Waals surface area contributed by atoms with Crippen LogP contribution in [0.5, 0.6) is 0 Å². The van der Waals surface area contributed by atoms with E-state index in [2.05, 4.69) is 135 Å². The summed E-state index contributed by atoms with van der Waals surface area (Å²) in [6.07, 6.45) is 6.85. The Bertz CT molecular complexity index is 1360. The van der Waals surface area contributed by atoms with Crippen LogP contribution in [0, 0.1) is 0 Å². The Hall–Kier alpha value is -3.10. The molecule has 0 bridgehead atoms. The van der Waals surface area contributed by atoms with Crippen LogP contribution < -0.4 is 4.90 Å². The van der Waals surface area contributed by atoms with Crippen molar-refractivity contribution in [3.8, 4) is 0 Å². The third-order valence-electron chi connectivity index (χ3n) is 7.77. The second kappa shape index (κ2) is 8.84. The molecule has 0 atom stereocenters. The zero-order chi connectivity index (χ0) is 24.8. The average molecular weight is 482 g/mol. The number of allylic oxidation sites excluding steroid dienone is 4. The van der Waals surface area contributed by atoms with Gasteiger partial charge < -0.3 is 4.90 Å². The summed E-state index contributed by atoms with van der Waals surface area (Å²) in [4.78, 5) is 2.47. The predicted molar refractivity (Wildman–Crippen MR) is 149 cm³/mol. The van der Waals surface area contributed by atoms with Crippen LogP contribution in [0.25, 0.3) is 0 Å². The number of alkyl halides is 1. The smallest absolute Gasteiger partial charge is 0.209 e. The topological polar surface area (TPSA) is 6.25 Å². The second-order valence-electron chi connectivity index (χ2n) is 10.7. The maximum atomic E-state index is 6.02. The van der Waals surface area contributed by atoms with Crippen LogP contribution in [0.4, 0.5) is 11.4 Å². The minimum Gasteiger partial charge on any atom is -0.340 e. The molecule has 0 saturated carbocycles. The number of hydrogen-bond donors (Lipinski definition) is 0. The first-order chi connectivity index (χ1) is 16.7. The summed E-state index contributed by atoms with van der Waals surface area (Å²) in [5, 5.41) is 0. The molecule has 3 aromatic carbocycles. The molecule has 0 radical (unpaired) electrons. The minimum atomic E-state index is -0.0816. The van der Waals surface area contributed by atoms with Gasteiger partial charge in [0.05, 0.1) is 5.41 Å². The zero-order valence-corrected chi connectivity index (χ0v) is 22.1. The van der Waals surface area contributed by atoms with Gasteiger partial charge in [0.25, 0.3) is 0 Å². The van der Waals surface area contributed by atoms with Crippen molar-refractivity contribution in [2.24, 2.45) is 0 Å². The van der Waals surface area contributed by atoms with E-state index in [0.29, 0.717) is 5.88 Å². The molecule has 35 heavy (non-hydrogen) atoms. The Morgan fingerprint density at radius 3 is 2.11 bits per heavy atom. The number of halogens is 1. The molecule has 3 heteroatoms. The van der Waals surface area contributed by atoms with E-state index in [1.54, 1.807) is 0 Å². The molecule has 0 saturated heterocycles. The fourth-order valence-corrected chi connectivity index (χ4v) is 5.94. The first-order valence-electron chi connectivity index (χ1n) is 12.4. The van der Waals surface area contributed by atoms with Crippen molar-refractivity contribution in [1.29, 1.82) is 0 Å². The standard InChI is InChI=1S/C32H34ClN2/c1-31(2)25-11-6-8-13-27(25)34(5)29(31)15-10-16-30-32(3,4)26-12-7-9-14-28(26)35(30)22-24-19-17-23(21-33)18-20-24/h6-20H,21-22H2,1-5H3/q+1. The average Bonchev–Trinajstić information content (AvgIpc) is 3.19. The van der Waals surface area contributed by atoms with Crippen molar-refractivity contribution in [2.75, 3.05) is 11.9 Å². The summed E-state index contributed by atoms with van der Waals surface area (Å²) in [6, 6.07) is 26.2. The first kappa shape index (κ1) is 23.6. The number of nitrogens with zero attached hydrogens (tertiary/aromatic N) is 2. The van der Waals surface area contributed by atoms with Crippen molar-refractivity contribution in [2.45, 2.75) is 50.9 Å². The van der Waals surface area contributed by atoms with E-state index in [4.69, 9.17) is 11.6 Å². The Kier molecular flexibility index (Phi) is 5.97. The van der Waals surface area contributed by atoms with Gasteiger partial charge in [0.2, 0.25) is 5.69 Å². The lowest BCUT2D eigenvalue weighted by Crippen LogP contribution is -2.27. The monoisotopic (exact) mass is 481 g/mol. The summed E-state index contributed by atoms with van der Waals surface area (Å²) in [6.45, 7) is 10.1. The molecule has 2 nitrogen and oxygen atoms in total. The molecule has 2 heterocycles. The molecule has 0 fully saturated rings. The van der Waals surface area contributed by atoms with E-state index in [-0.39, 0.29) is 10.8 Å². The summed E-state index contributed by atoms with van der Waals surface area (Å²) in [5.41, 5.74) is 10.3. The van der Waals surface area contributed by atoms with Crippen molar-refractivity contribution in [1.82, 2.24) is 0 Å². The van der Waals surface area contributed by atoms with Gasteiger partial charge in [-0.15, -0.1) is 11.6 Å². The molecular formula is C32H34ClN2+. The fraction of sp³-hybridized carbons (Fsp3) is 0.281. The Morgan fingerprint density at radius 2 is 1.43 bits per heavy atom. The molecule has 2 aliphatic rings. The summed E-state index contributed by atoms with van der Waals surface area (Å²) in [7, 11) is 2.17. The summed E-state index contributed by atoms with van der Waals surface area (Å²) < 4.78 is 2.33. The van der Waals surface area contributed by atoms with E-state index in [1.165, 1.54) is 39.5 Å². The molecule has 0 unspecified atom stereocenters. The highest BCUT2D eigenvalue weighted by atomic mass is 35.5. The SMILES string of the molecule is C[N+]1=C(C=CC=C2N(Cc3ccc(CCl)cc3)c3ccccc3C2(C)C)C(C)(C)c2ccccc21. The number of rotatable bonds is 5. The molecule has 0 aromatic heterocycles. The zero-order valence-electron chi connectivity index (χ0n) is 21.3. The minimum absolute atomic E-state index is 0.0294. The number of fused-ring (bicyclic) bond motifs is 2. The van der Waals surface area contributed by atoms with Gasteiger partial charge in [0, 0.05) is 46.9 Å². The quantitative estimate of drug-likeness (QED) is 0.265. The van der Waals surface area contributed by atoms with Gasteiger partial charge in [0.15, 0.2) is 5.71 Å². The number of anilines is 1. The third kappa shape index (κ3) is 3.94. The Morgan fingerprint density at radius 1 is 0.800 bits per heavy atom. The van der Waals surface area contributed by atoms with Gasteiger partial charge in [-0.3, -0.25) is 0 Å². The van der Waals surface area contributed by atoms with Crippen LogP contribution in [0.1, 0.15) is 49.9 Å². The molecule has 2 aliphatic heterocycles. The van der Waals surface area contributed by atoms with Crippen LogP contribution in [0.15, 0.2) is 96.7 Å². The number of hydrogen-bond acceptors (Lipinski definition) is 1. The summed E-state index contributed by atoms with van der Waals surface area (Å²) >= 11 is 6.02. The molecular weight excluding hydrogens is 448 g/mol. The van der Waals surface area contributed by atoms with Crippen LogP contribution in [-0.2, 0) is 23.3 Å². The number of benzene rings is 3. The van der Waals surface area contributed by atoms with Crippen LogP contribution in [0.2, 0.25) is 0 Å². The maximum absolute atomic E-state index is 6.02. The van der Waals surface area contributed by atoms with Gasteiger partial charge in [-0.1, -0.05) is 80.6 Å².